The van der Waals surface area contributed by atoms with Crippen LogP contribution in [0.3, 0.4) is 0 Å². The molecule has 0 unspecified atom stereocenters. The van der Waals surface area contributed by atoms with Gasteiger partial charge < -0.3 is 25.2 Å². The zero-order valence-corrected chi connectivity index (χ0v) is 30.9. The average Bonchev–Trinajstić information content (AvgIpc) is 3.61. The van der Waals surface area contributed by atoms with E-state index in [-0.39, 0.29) is 12.0 Å². The molecule has 2 aliphatic heterocycles. The molecule has 0 saturated carbocycles. The molecule has 2 N–H and O–H groups in total. The molecule has 0 aliphatic carbocycles. The summed E-state index contributed by atoms with van der Waals surface area (Å²) in [7, 11) is 1.76. The maximum Gasteiger partial charge on any atom is 0.412 e. The predicted molar refractivity (Wildman–Crippen MR) is 196 cm³/mol. The van der Waals surface area contributed by atoms with Gasteiger partial charge in [0.25, 0.3) is 0 Å². The van der Waals surface area contributed by atoms with Gasteiger partial charge in [0.2, 0.25) is 6.41 Å². The lowest BCUT2D eigenvalue weighted by molar-refractivity contribution is -0.109. The SMILES string of the molecule is C/C=C(/CC)C(F)(F)F.C=C(N)N1CCCC1.C=CCCN1CCC(CN(C=O)c2ccc(C)cc2)(OC)CC1.CC.CC=C(C)C. The maximum atomic E-state index is 11.7. The Morgan fingerprint density at radius 2 is 1.55 bits per heavy atom. The van der Waals surface area contributed by atoms with Crippen LogP contribution in [0.15, 0.2) is 72.6 Å². The summed E-state index contributed by atoms with van der Waals surface area (Å²) in [6.07, 6.45) is 7.44. The number of nitrogens with two attached hydrogens (primary N) is 1. The number of aryl methyl sites for hydroxylation is 1. The number of amides is 1. The molecule has 270 valence electrons. The second-order valence-corrected chi connectivity index (χ2v) is 11.6. The highest BCUT2D eigenvalue weighted by Gasteiger charge is 2.36. The molecule has 3 rings (SSSR count). The van der Waals surface area contributed by atoms with Crippen molar-refractivity contribution in [3.63, 3.8) is 0 Å². The average molecular weight is 667 g/mol. The number of hydrogen-bond donors (Lipinski definition) is 1. The number of ether oxygens (including phenoxy) is 1. The first-order valence-corrected chi connectivity index (χ1v) is 16.9. The van der Waals surface area contributed by atoms with Gasteiger partial charge in [-0.15, -0.1) is 6.58 Å². The minimum absolute atomic E-state index is 0.0556. The molecule has 0 bridgehead atoms. The van der Waals surface area contributed by atoms with Crippen molar-refractivity contribution in [2.24, 2.45) is 5.73 Å². The van der Waals surface area contributed by atoms with Gasteiger partial charge in [-0.3, -0.25) is 4.79 Å². The van der Waals surface area contributed by atoms with Crippen molar-refractivity contribution in [1.82, 2.24) is 9.80 Å². The number of allylic oxidation sites excluding steroid dienone is 4. The van der Waals surface area contributed by atoms with Gasteiger partial charge in [-0.1, -0.05) is 68.8 Å². The van der Waals surface area contributed by atoms with Gasteiger partial charge in [0.05, 0.1) is 18.0 Å². The van der Waals surface area contributed by atoms with E-state index in [1.165, 1.54) is 37.8 Å². The molecule has 2 heterocycles. The van der Waals surface area contributed by atoms with Crippen LogP contribution in [0, 0.1) is 6.92 Å². The number of rotatable bonds is 10. The van der Waals surface area contributed by atoms with E-state index in [4.69, 9.17) is 10.5 Å². The normalized spacial score (nSPS) is 15.5. The minimum Gasteiger partial charge on any atom is -0.386 e. The fourth-order valence-corrected chi connectivity index (χ4v) is 4.69. The van der Waals surface area contributed by atoms with E-state index in [9.17, 15) is 18.0 Å². The molecular weight excluding hydrogens is 601 g/mol. The summed E-state index contributed by atoms with van der Waals surface area (Å²) in [4.78, 5) is 17.9. The number of nitrogens with zero attached hydrogens (tertiary/aromatic N) is 3. The topological polar surface area (TPSA) is 62.0 Å². The zero-order valence-electron chi connectivity index (χ0n) is 30.9. The van der Waals surface area contributed by atoms with Crippen LogP contribution in [0.5, 0.6) is 0 Å². The highest BCUT2D eigenvalue weighted by atomic mass is 19.4. The largest absolute Gasteiger partial charge is 0.412 e. The van der Waals surface area contributed by atoms with E-state index in [0.29, 0.717) is 6.54 Å². The van der Waals surface area contributed by atoms with Crippen molar-refractivity contribution in [2.45, 2.75) is 106 Å². The summed E-state index contributed by atoms with van der Waals surface area (Å²) in [5.74, 6) is 0.725. The monoisotopic (exact) mass is 667 g/mol. The summed E-state index contributed by atoms with van der Waals surface area (Å²) in [6, 6.07) is 8.05. The highest BCUT2D eigenvalue weighted by molar-refractivity contribution is 5.75. The Morgan fingerprint density at radius 3 is 1.85 bits per heavy atom. The van der Waals surface area contributed by atoms with Crippen LogP contribution < -0.4 is 10.6 Å². The van der Waals surface area contributed by atoms with Crippen LogP contribution in [-0.4, -0.2) is 74.4 Å². The predicted octanol–water partition coefficient (Wildman–Crippen LogP) is 9.43. The molecule has 0 aromatic heterocycles. The Hall–Kier alpha value is -3.04. The molecule has 47 heavy (non-hydrogen) atoms. The number of anilines is 1. The molecular formula is C38H65F3N4O2. The summed E-state index contributed by atoms with van der Waals surface area (Å²) in [6.45, 7) is 28.4. The van der Waals surface area contributed by atoms with Gasteiger partial charge in [-0.05, 0) is 85.3 Å². The number of hydrogen-bond acceptors (Lipinski definition) is 5. The number of carbonyl (C=O) groups excluding carboxylic acids is 1. The molecule has 1 aromatic carbocycles. The first-order chi connectivity index (χ1) is 22.2. The molecule has 1 aromatic rings. The number of benzene rings is 1. The molecule has 2 aliphatic rings. The Labute approximate surface area is 285 Å². The third-order valence-electron chi connectivity index (χ3n) is 7.98. The summed E-state index contributed by atoms with van der Waals surface area (Å²) < 4.78 is 40.8. The van der Waals surface area contributed by atoms with E-state index in [2.05, 4.69) is 42.9 Å². The second kappa shape index (κ2) is 26.0. The second-order valence-electron chi connectivity index (χ2n) is 11.6. The summed E-state index contributed by atoms with van der Waals surface area (Å²) in [5, 5.41) is 0. The first kappa shape index (κ1) is 46.1. The highest BCUT2D eigenvalue weighted by Crippen LogP contribution is 2.29. The van der Waals surface area contributed by atoms with Crippen molar-refractivity contribution in [1.29, 1.82) is 0 Å². The van der Waals surface area contributed by atoms with Gasteiger partial charge in [-0.2, -0.15) is 13.2 Å². The molecule has 1 amide bonds. The smallest absolute Gasteiger partial charge is 0.386 e. The lowest BCUT2D eigenvalue weighted by atomic mass is 9.90. The van der Waals surface area contributed by atoms with Crippen molar-refractivity contribution < 1.29 is 22.7 Å². The quantitative estimate of drug-likeness (QED) is 0.199. The number of halogens is 3. The van der Waals surface area contributed by atoms with Gasteiger partial charge in [0.15, 0.2) is 0 Å². The summed E-state index contributed by atoms with van der Waals surface area (Å²) >= 11 is 0. The summed E-state index contributed by atoms with van der Waals surface area (Å²) in [5.41, 5.74) is 8.22. The van der Waals surface area contributed by atoms with Gasteiger partial charge >= 0.3 is 6.18 Å². The van der Waals surface area contributed by atoms with E-state index in [1.54, 1.807) is 12.0 Å². The van der Waals surface area contributed by atoms with Crippen LogP contribution in [0.4, 0.5) is 18.9 Å². The van der Waals surface area contributed by atoms with Crippen molar-refractivity contribution in [3.05, 3.63) is 78.2 Å². The third-order valence-corrected chi connectivity index (χ3v) is 7.98. The fourth-order valence-electron chi connectivity index (χ4n) is 4.69. The van der Waals surface area contributed by atoms with Crippen LogP contribution in [0.2, 0.25) is 0 Å². The van der Waals surface area contributed by atoms with Gasteiger partial charge in [0, 0.05) is 51.1 Å². The van der Waals surface area contributed by atoms with Crippen molar-refractivity contribution in [2.75, 3.05) is 51.3 Å². The number of carbonyl (C=O) groups is 1. The van der Waals surface area contributed by atoms with Crippen LogP contribution in [-0.2, 0) is 9.53 Å². The Balaban J connectivity index is 0. The van der Waals surface area contributed by atoms with Gasteiger partial charge in [0.1, 0.15) is 0 Å². The molecule has 0 spiro atoms. The van der Waals surface area contributed by atoms with E-state index in [1.807, 2.05) is 58.0 Å². The molecule has 2 saturated heterocycles. The number of likely N-dealkylation sites (tertiary alicyclic amines) is 2. The fraction of sp³-hybridized carbons (Fsp3) is 0.605. The van der Waals surface area contributed by atoms with Crippen LogP contribution in [0.1, 0.15) is 92.6 Å². The minimum atomic E-state index is -4.12. The van der Waals surface area contributed by atoms with Crippen molar-refractivity contribution >= 4 is 12.1 Å². The maximum absolute atomic E-state index is 11.7. The molecule has 0 atom stereocenters. The Bertz CT molecular complexity index is 1030. The lowest BCUT2D eigenvalue weighted by Crippen LogP contribution is -2.52. The van der Waals surface area contributed by atoms with E-state index < -0.39 is 11.7 Å². The Kier molecular flexibility index (Phi) is 25.5. The standard InChI is InChI=1S/C19H28N2O2.C6H9F3.C6H12N2.C5H10.C2H6/c1-4-5-12-20-13-10-19(23-3,11-14-20)15-21(16-22)18-8-6-17(2)7-9-18;1-3-5(4-2)6(7,8)9;1-6(7)8-4-2-3-5-8;1-4-5(2)3;1-2/h4,6-9,16H,1,5,10-15H2,2-3H3;3H,4H2,1-2H3;1-5,7H2;4H,1-3H3;1-2H3/b;5-3-;;;. The number of piperidine rings is 1. The van der Waals surface area contributed by atoms with Crippen LogP contribution >= 0.6 is 0 Å². The zero-order chi connectivity index (χ0) is 36.5. The molecule has 0 radical (unpaired) electrons. The molecule has 9 heteroatoms. The van der Waals surface area contributed by atoms with E-state index in [0.717, 1.165) is 76.0 Å². The van der Waals surface area contributed by atoms with Crippen molar-refractivity contribution in [3.8, 4) is 0 Å². The Morgan fingerprint density at radius 1 is 1.04 bits per heavy atom. The van der Waals surface area contributed by atoms with Crippen LogP contribution in [0.25, 0.3) is 0 Å². The first-order valence-electron chi connectivity index (χ1n) is 16.9. The molecule has 6 nitrogen and oxygen atoms in total. The number of alkyl halides is 3. The van der Waals surface area contributed by atoms with E-state index >= 15 is 0 Å². The third kappa shape index (κ3) is 20.0. The number of methoxy groups -OCH3 is 1. The van der Waals surface area contributed by atoms with Gasteiger partial charge in [-0.25, -0.2) is 0 Å². The molecule has 2 fully saturated rings. The lowest BCUT2D eigenvalue weighted by Gasteiger charge is -2.42.